The lowest BCUT2D eigenvalue weighted by molar-refractivity contribution is 0.0660. The van der Waals surface area contributed by atoms with Gasteiger partial charge in [0, 0.05) is 17.1 Å². The number of hydrogen-bond acceptors (Lipinski definition) is 4. The van der Waals surface area contributed by atoms with Crippen LogP contribution in [0.25, 0.3) is 0 Å². The summed E-state index contributed by atoms with van der Waals surface area (Å²) in [6.07, 6.45) is 0. The molecule has 5 nitrogen and oxygen atoms in total. The van der Waals surface area contributed by atoms with Crippen LogP contribution >= 0.6 is 0 Å². The third-order valence-corrected chi connectivity index (χ3v) is 3.29. The number of furan rings is 1. The number of para-hydroxylation sites is 1. The van der Waals surface area contributed by atoms with Crippen molar-refractivity contribution < 1.29 is 14.3 Å². The quantitative estimate of drug-likeness (QED) is 0.632. The molecule has 2 aromatic carbocycles. The van der Waals surface area contributed by atoms with Crippen LogP contribution in [0, 0.1) is 0 Å². The van der Waals surface area contributed by atoms with Crippen LogP contribution in [0.2, 0.25) is 0 Å². The molecule has 3 aromatic rings. The first-order chi connectivity index (χ1) is 11.2. The zero-order valence-electron chi connectivity index (χ0n) is 12.3. The number of carbonyl (C=O) groups is 1. The standard InChI is InChI=1S/C18H16N2O3/c21-18(22)17-11-10-16(23-17)12-19-13-6-8-15(9-7-13)20-14-4-2-1-3-5-14/h1-11,19-20H,12H2,(H,21,22). The summed E-state index contributed by atoms with van der Waals surface area (Å²) < 4.78 is 5.20. The van der Waals surface area contributed by atoms with E-state index in [9.17, 15) is 4.79 Å². The van der Waals surface area contributed by atoms with Crippen LogP contribution in [0.1, 0.15) is 16.3 Å². The lowest BCUT2D eigenvalue weighted by Crippen LogP contribution is -1.99. The minimum Gasteiger partial charge on any atom is -0.475 e. The second kappa shape index (κ2) is 6.70. The van der Waals surface area contributed by atoms with Crippen molar-refractivity contribution in [1.82, 2.24) is 0 Å². The molecule has 1 aromatic heterocycles. The molecule has 5 heteroatoms. The Morgan fingerprint density at radius 2 is 1.52 bits per heavy atom. The topological polar surface area (TPSA) is 74.5 Å². The number of benzene rings is 2. The van der Waals surface area contributed by atoms with Crippen LogP contribution in [0.3, 0.4) is 0 Å². The number of anilines is 3. The maximum absolute atomic E-state index is 10.8. The molecular formula is C18H16N2O3. The average molecular weight is 308 g/mol. The molecule has 0 radical (unpaired) electrons. The third kappa shape index (κ3) is 3.91. The Bertz CT molecular complexity index is 780. The van der Waals surface area contributed by atoms with E-state index in [1.807, 2.05) is 54.6 Å². The van der Waals surface area contributed by atoms with Gasteiger partial charge in [0.05, 0.1) is 6.54 Å². The summed E-state index contributed by atoms with van der Waals surface area (Å²) in [5.74, 6) is -0.536. The van der Waals surface area contributed by atoms with Crippen LogP contribution in [0.15, 0.2) is 71.1 Å². The van der Waals surface area contributed by atoms with Gasteiger partial charge in [0.15, 0.2) is 0 Å². The van der Waals surface area contributed by atoms with Crippen LogP contribution < -0.4 is 10.6 Å². The normalized spacial score (nSPS) is 10.3. The van der Waals surface area contributed by atoms with Gasteiger partial charge in [0.2, 0.25) is 5.76 Å². The predicted molar refractivity (Wildman–Crippen MR) is 89.2 cm³/mol. The van der Waals surface area contributed by atoms with Crippen LogP contribution in [0.5, 0.6) is 0 Å². The fraction of sp³-hybridized carbons (Fsp3) is 0.0556. The molecule has 116 valence electrons. The average Bonchev–Trinajstić information content (AvgIpc) is 3.04. The lowest BCUT2D eigenvalue weighted by atomic mass is 10.2. The molecule has 0 saturated heterocycles. The monoisotopic (exact) mass is 308 g/mol. The highest BCUT2D eigenvalue weighted by atomic mass is 16.4. The molecule has 0 aliphatic heterocycles. The van der Waals surface area contributed by atoms with E-state index in [1.54, 1.807) is 6.07 Å². The van der Waals surface area contributed by atoms with Crippen molar-refractivity contribution in [2.75, 3.05) is 10.6 Å². The fourth-order valence-electron chi connectivity index (χ4n) is 2.14. The Kier molecular flexibility index (Phi) is 4.29. The van der Waals surface area contributed by atoms with Crippen LogP contribution in [0.4, 0.5) is 17.1 Å². The molecule has 23 heavy (non-hydrogen) atoms. The van der Waals surface area contributed by atoms with Gasteiger partial charge in [-0.1, -0.05) is 18.2 Å². The van der Waals surface area contributed by atoms with E-state index in [-0.39, 0.29) is 5.76 Å². The summed E-state index contributed by atoms with van der Waals surface area (Å²) in [5, 5.41) is 15.3. The van der Waals surface area contributed by atoms with Crippen molar-refractivity contribution in [3.63, 3.8) is 0 Å². The highest BCUT2D eigenvalue weighted by Crippen LogP contribution is 2.19. The third-order valence-electron chi connectivity index (χ3n) is 3.29. The number of carboxylic acids is 1. The molecule has 0 fully saturated rings. The summed E-state index contributed by atoms with van der Waals surface area (Å²) in [6.45, 7) is 0.429. The number of hydrogen-bond donors (Lipinski definition) is 3. The SMILES string of the molecule is O=C(O)c1ccc(CNc2ccc(Nc3ccccc3)cc2)o1. The Labute approximate surface area is 133 Å². The van der Waals surface area contributed by atoms with Gasteiger partial charge in [-0.15, -0.1) is 0 Å². The molecule has 1 heterocycles. The molecule has 0 unspecified atom stereocenters. The highest BCUT2D eigenvalue weighted by molar-refractivity contribution is 5.84. The Balaban J connectivity index is 1.57. The second-order valence-electron chi connectivity index (χ2n) is 4.99. The van der Waals surface area contributed by atoms with E-state index < -0.39 is 5.97 Å². The van der Waals surface area contributed by atoms with E-state index in [2.05, 4.69) is 10.6 Å². The summed E-state index contributed by atoms with van der Waals surface area (Å²) in [7, 11) is 0. The van der Waals surface area contributed by atoms with Crippen molar-refractivity contribution >= 4 is 23.0 Å². The second-order valence-corrected chi connectivity index (χ2v) is 4.99. The van der Waals surface area contributed by atoms with E-state index in [0.717, 1.165) is 17.1 Å². The Hall–Kier alpha value is -3.21. The van der Waals surface area contributed by atoms with Crippen molar-refractivity contribution in [2.24, 2.45) is 0 Å². The fourth-order valence-corrected chi connectivity index (χ4v) is 2.14. The van der Waals surface area contributed by atoms with Gasteiger partial charge < -0.3 is 20.2 Å². The molecule has 0 aliphatic carbocycles. The molecule has 3 rings (SSSR count). The van der Waals surface area contributed by atoms with Gasteiger partial charge in [0.25, 0.3) is 0 Å². The summed E-state index contributed by atoms with van der Waals surface area (Å²) in [4.78, 5) is 10.8. The Morgan fingerprint density at radius 1 is 0.870 bits per heavy atom. The molecule has 0 amide bonds. The molecule has 0 spiro atoms. The van der Waals surface area contributed by atoms with Gasteiger partial charge in [-0.05, 0) is 48.5 Å². The van der Waals surface area contributed by atoms with Gasteiger partial charge in [-0.25, -0.2) is 4.79 Å². The first-order valence-electron chi connectivity index (χ1n) is 7.19. The van der Waals surface area contributed by atoms with Crippen molar-refractivity contribution in [3.05, 3.63) is 78.3 Å². The number of aromatic carboxylic acids is 1. The zero-order chi connectivity index (χ0) is 16.1. The smallest absolute Gasteiger partial charge is 0.371 e. The molecule has 0 bridgehead atoms. The molecule has 3 N–H and O–H groups in total. The highest BCUT2D eigenvalue weighted by Gasteiger charge is 2.08. The van der Waals surface area contributed by atoms with Crippen LogP contribution in [-0.4, -0.2) is 11.1 Å². The number of carboxylic acid groups (broad SMARTS) is 1. The van der Waals surface area contributed by atoms with Gasteiger partial charge in [0.1, 0.15) is 5.76 Å². The minimum atomic E-state index is -1.06. The van der Waals surface area contributed by atoms with E-state index in [1.165, 1.54) is 6.07 Å². The molecule has 0 saturated carbocycles. The maximum atomic E-state index is 10.8. The van der Waals surface area contributed by atoms with Crippen LogP contribution in [-0.2, 0) is 6.54 Å². The van der Waals surface area contributed by atoms with Crippen molar-refractivity contribution in [1.29, 1.82) is 0 Å². The largest absolute Gasteiger partial charge is 0.475 e. The summed E-state index contributed by atoms with van der Waals surface area (Å²) >= 11 is 0. The van der Waals surface area contributed by atoms with Gasteiger partial charge in [-0.2, -0.15) is 0 Å². The predicted octanol–water partition coefficient (Wildman–Crippen LogP) is 4.33. The lowest BCUT2D eigenvalue weighted by Gasteiger charge is -2.08. The number of nitrogens with one attached hydrogen (secondary N) is 2. The molecule has 0 atom stereocenters. The van der Waals surface area contributed by atoms with Gasteiger partial charge >= 0.3 is 5.97 Å². The summed E-state index contributed by atoms with van der Waals surface area (Å²) in [6, 6.07) is 20.9. The Morgan fingerprint density at radius 3 is 2.17 bits per heavy atom. The van der Waals surface area contributed by atoms with E-state index in [0.29, 0.717) is 12.3 Å². The van der Waals surface area contributed by atoms with Crippen molar-refractivity contribution in [2.45, 2.75) is 6.54 Å². The molecular weight excluding hydrogens is 292 g/mol. The van der Waals surface area contributed by atoms with Crippen molar-refractivity contribution in [3.8, 4) is 0 Å². The molecule has 0 aliphatic rings. The van der Waals surface area contributed by atoms with Gasteiger partial charge in [-0.3, -0.25) is 0 Å². The maximum Gasteiger partial charge on any atom is 0.371 e. The zero-order valence-corrected chi connectivity index (χ0v) is 12.3. The minimum absolute atomic E-state index is 0.0517. The summed E-state index contributed by atoms with van der Waals surface area (Å²) in [5.41, 5.74) is 2.95. The van der Waals surface area contributed by atoms with E-state index >= 15 is 0 Å². The number of rotatable bonds is 6. The first-order valence-corrected chi connectivity index (χ1v) is 7.19. The van der Waals surface area contributed by atoms with E-state index in [4.69, 9.17) is 9.52 Å². The first kappa shape index (κ1) is 14.7.